The first-order chi connectivity index (χ1) is 8.88. The molecular formula is C12H21N3O2S2. The Morgan fingerprint density at radius 1 is 1.47 bits per heavy atom. The predicted octanol–water partition coefficient (Wildman–Crippen LogP) is 2.14. The number of hydrogen-bond donors (Lipinski definition) is 2. The van der Waals surface area contributed by atoms with Crippen LogP contribution in [-0.2, 0) is 10.0 Å². The fraction of sp³-hybridized carbons (Fsp3) is 0.750. The molecule has 1 aromatic rings. The van der Waals surface area contributed by atoms with E-state index in [1.54, 1.807) is 6.92 Å². The fourth-order valence-electron chi connectivity index (χ4n) is 2.69. The van der Waals surface area contributed by atoms with Gasteiger partial charge >= 0.3 is 0 Å². The minimum absolute atomic E-state index is 0.244. The molecule has 108 valence electrons. The maximum atomic E-state index is 12.2. The average Bonchev–Trinajstić information content (AvgIpc) is 2.67. The van der Waals surface area contributed by atoms with Gasteiger partial charge in [0, 0.05) is 6.54 Å². The highest BCUT2D eigenvalue weighted by atomic mass is 32.2. The summed E-state index contributed by atoms with van der Waals surface area (Å²) in [5.41, 5.74) is 6.03. The van der Waals surface area contributed by atoms with Crippen LogP contribution in [0.15, 0.2) is 4.21 Å². The number of hydrogen-bond acceptors (Lipinski definition) is 5. The first-order valence-electron chi connectivity index (χ1n) is 6.61. The van der Waals surface area contributed by atoms with E-state index in [-0.39, 0.29) is 4.21 Å². The number of anilines is 1. The molecule has 7 heteroatoms. The number of nitrogens with two attached hydrogens (primary N) is 1. The van der Waals surface area contributed by atoms with E-state index in [2.05, 4.69) is 16.6 Å². The SMILES string of the molecule is Cc1nc(N)sc1S(=O)(=O)NCC1CCCC(C)C1. The first kappa shape index (κ1) is 14.7. The second-order valence-electron chi connectivity index (χ2n) is 5.41. The predicted molar refractivity (Wildman–Crippen MR) is 77.6 cm³/mol. The maximum Gasteiger partial charge on any atom is 0.252 e. The lowest BCUT2D eigenvalue weighted by Gasteiger charge is -2.26. The molecule has 0 saturated heterocycles. The monoisotopic (exact) mass is 303 g/mol. The van der Waals surface area contributed by atoms with E-state index in [1.165, 1.54) is 12.8 Å². The van der Waals surface area contributed by atoms with E-state index in [1.807, 2.05) is 0 Å². The quantitative estimate of drug-likeness (QED) is 0.892. The number of aromatic nitrogens is 1. The first-order valence-corrected chi connectivity index (χ1v) is 8.91. The van der Waals surface area contributed by atoms with Gasteiger partial charge in [-0.15, -0.1) is 0 Å². The Kier molecular flexibility index (Phi) is 4.47. The van der Waals surface area contributed by atoms with Crippen LogP contribution in [0.4, 0.5) is 5.13 Å². The topological polar surface area (TPSA) is 85.1 Å². The smallest absolute Gasteiger partial charge is 0.252 e. The van der Waals surface area contributed by atoms with Crippen LogP contribution in [-0.4, -0.2) is 19.9 Å². The lowest BCUT2D eigenvalue weighted by atomic mass is 9.83. The molecule has 1 fully saturated rings. The van der Waals surface area contributed by atoms with Crippen LogP contribution in [0.2, 0.25) is 0 Å². The number of nitrogen functional groups attached to an aromatic ring is 1. The second-order valence-corrected chi connectivity index (χ2v) is 8.41. The zero-order valence-electron chi connectivity index (χ0n) is 11.3. The van der Waals surface area contributed by atoms with Gasteiger partial charge in [0.05, 0.1) is 5.69 Å². The third-order valence-electron chi connectivity index (χ3n) is 3.62. The summed E-state index contributed by atoms with van der Waals surface area (Å²) >= 11 is 1.02. The molecule has 0 aliphatic heterocycles. The minimum Gasteiger partial charge on any atom is -0.375 e. The summed E-state index contributed by atoms with van der Waals surface area (Å²) < 4.78 is 27.3. The van der Waals surface area contributed by atoms with Crippen molar-refractivity contribution in [1.82, 2.24) is 9.71 Å². The molecule has 1 aliphatic carbocycles. The molecule has 0 spiro atoms. The second kappa shape index (κ2) is 5.76. The van der Waals surface area contributed by atoms with E-state index in [4.69, 9.17) is 5.73 Å². The van der Waals surface area contributed by atoms with Crippen LogP contribution < -0.4 is 10.5 Å². The summed E-state index contributed by atoms with van der Waals surface area (Å²) in [5.74, 6) is 1.15. The summed E-state index contributed by atoms with van der Waals surface area (Å²) in [6, 6.07) is 0. The number of sulfonamides is 1. The molecule has 19 heavy (non-hydrogen) atoms. The van der Waals surface area contributed by atoms with Gasteiger partial charge in [-0.25, -0.2) is 18.1 Å². The number of nitrogens with one attached hydrogen (secondary N) is 1. The molecule has 2 rings (SSSR count). The highest BCUT2D eigenvalue weighted by Crippen LogP contribution is 2.29. The van der Waals surface area contributed by atoms with Gasteiger partial charge in [-0.3, -0.25) is 0 Å². The lowest BCUT2D eigenvalue weighted by Crippen LogP contribution is -2.31. The third-order valence-corrected chi connectivity index (χ3v) is 6.64. The van der Waals surface area contributed by atoms with Crippen molar-refractivity contribution in [3.8, 4) is 0 Å². The minimum atomic E-state index is -3.46. The Bertz CT molecular complexity index is 539. The van der Waals surface area contributed by atoms with Crippen molar-refractivity contribution in [2.24, 2.45) is 11.8 Å². The summed E-state index contributed by atoms with van der Waals surface area (Å²) in [6.45, 7) is 4.42. The summed E-state index contributed by atoms with van der Waals surface area (Å²) in [7, 11) is -3.46. The Hall–Kier alpha value is -0.660. The van der Waals surface area contributed by atoms with Gasteiger partial charge in [-0.2, -0.15) is 0 Å². The van der Waals surface area contributed by atoms with Gasteiger partial charge < -0.3 is 5.73 Å². The van der Waals surface area contributed by atoms with Gasteiger partial charge in [0.1, 0.15) is 0 Å². The molecule has 0 radical (unpaired) electrons. The Labute approximate surface area is 118 Å². The Morgan fingerprint density at radius 2 is 2.21 bits per heavy atom. The van der Waals surface area contributed by atoms with E-state index < -0.39 is 10.0 Å². The van der Waals surface area contributed by atoms with E-state index in [0.29, 0.717) is 29.2 Å². The molecule has 1 aromatic heterocycles. The molecule has 5 nitrogen and oxygen atoms in total. The number of rotatable bonds is 4. The van der Waals surface area contributed by atoms with E-state index in [0.717, 1.165) is 24.2 Å². The highest BCUT2D eigenvalue weighted by Gasteiger charge is 2.24. The van der Waals surface area contributed by atoms with Gasteiger partial charge in [-0.05, 0) is 31.6 Å². The Balaban J connectivity index is 2.00. The molecule has 2 unspecified atom stereocenters. The number of nitrogens with zero attached hydrogens (tertiary/aromatic N) is 1. The maximum absolute atomic E-state index is 12.2. The van der Waals surface area contributed by atoms with Gasteiger partial charge in [0.25, 0.3) is 10.0 Å². The van der Waals surface area contributed by atoms with Crippen molar-refractivity contribution in [3.63, 3.8) is 0 Å². The van der Waals surface area contributed by atoms with Crippen LogP contribution in [0, 0.1) is 18.8 Å². The molecule has 1 saturated carbocycles. The van der Waals surface area contributed by atoms with Crippen LogP contribution >= 0.6 is 11.3 Å². The van der Waals surface area contributed by atoms with Crippen LogP contribution in [0.5, 0.6) is 0 Å². The van der Waals surface area contributed by atoms with Crippen LogP contribution in [0.25, 0.3) is 0 Å². The van der Waals surface area contributed by atoms with Crippen LogP contribution in [0.3, 0.4) is 0 Å². The van der Waals surface area contributed by atoms with Crippen molar-refractivity contribution < 1.29 is 8.42 Å². The molecule has 2 atom stereocenters. The zero-order chi connectivity index (χ0) is 14.0. The number of aryl methyl sites for hydroxylation is 1. The molecule has 0 bridgehead atoms. The van der Waals surface area contributed by atoms with Crippen molar-refractivity contribution in [1.29, 1.82) is 0 Å². The zero-order valence-corrected chi connectivity index (χ0v) is 13.0. The summed E-state index contributed by atoms with van der Waals surface area (Å²) in [5, 5.41) is 0.296. The van der Waals surface area contributed by atoms with Gasteiger partial charge in [-0.1, -0.05) is 31.1 Å². The highest BCUT2D eigenvalue weighted by molar-refractivity contribution is 7.91. The normalized spacial score (nSPS) is 24.5. The molecule has 0 aromatic carbocycles. The van der Waals surface area contributed by atoms with Crippen molar-refractivity contribution in [2.75, 3.05) is 12.3 Å². The van der Waals surface area contributed by atoms with Crippen molar-refractivity contribution in [2.45, 2.75) is 43.7 Å². The molecule has 1 aliphatic rings. The lowest BCUT2D eigenvalue weighted by molar-refractivity contribution is 0.283. The van der Waals surface area contributed by atoms with E-state index >= 15 is 0 Å². The van der Waals surface area contributed by atoms with Crippen molar-refractivity contribution >= 4 is 26.5 Å². The summed E-state index contributed by atoms with van der Waals surface area (Å²) in [4.78, 5) is 3.96. The van der Waals surface area contributed by atoms with Gasteiger partial charge in [0.2, 0.25) is 0 Å². The molecular weight excluding hydrogens is 282 g/mol. The average molecular weight is 303 g/mol. The molecule has 0 amide bonds. The van der Waals surface area contributed by atoms with Crippen LogP contribution in [0.1, 0.15) is 38.3 Å². The fourth-order valence-corrected chi connectivity index (χ4v) is 5.15. The molecule has 1 heterocycles. The van der Waals surface area contributed by atoms with E-state index in [9.17, 15) is 8.42 Å². The largest absolute Gasteiger partial charge is 0.375 e. The van der Waals surface area contributed by atoms with Gasteiger partial charge in [0.15, 0.2) is 9.34 Å². The standard InChI is InChI=1S/C12H21N3O2S2/c1-8-4-3-5-10(6-8)7-14-19(16,17)11-9(2)15-12(13)18-11/h8,10,14H,3-7H2,1-2H3,(H2,13,15). The Morgan fingerprint density at radius 3 is 2.79 bits per heavy atom. The third kappa shape index (κ3) is 3.67. The van der Waals surface area contributed by atoms with Crippen molar-refractivity contribution in [3.05, 3.63) is 5.69 Å². The summed E-state index contributed by atoms with van der Waals surface area (Å²) in [6.07, 6.45) is 4.66. The number of thiazole rings is 1. The molecule has 3 N–H and O–H groups in total.